The van der Waals surface area contributed by atoms with Crippen LogP contribution in [0, 0.1) is 5.92 Å². The van der Waals surface area contributed by atoms with E-state index < -0.39 is 35.6 Å². The first-order valence-corrected chi connectivity index (χ1v) is 22.8. The summed E-state index contributed by atoms with van der Waals surface area (Å²) in [7, 11) is 0. The van der Waals surface area contributed by atoms with Crippen LogP contribution in [0.15, 0.2) is 42.6 Å². The molecule has 7 heterocycles. The number of rotatable bonds is 10. The van der Waals surface area contributed by atoms with Crippen LogP contribution in [0.1, 0.15) is 107 Å². The molecular weight excluding hydrogens is 803 g/mol. The highest BCUT2D eigenvalue weighted by Gasteiger charge is 2.45. The number of hydrogen-bond donors (Lipinski definition) is 3. The fourth-order valence-corrected chi connectivity index (χ4v) is 11.1. The zero-order valence-electron chi connectivity index (χ0n) is 35.6. The molecule has 17 nitrogen and oxygen atoms in total. The molecule has 63 heavy (non-hydrogen) atoms. The molecule has 330 valence electrons. The summed E-state index contributed by atoms with van der Waals surface area (Å²) in [4.78, 5) is 98.2. The zero-order chi connectivity index (χ0) is 43.4. The molecule has 7 amide bonds. The molecule has 2 unspecified atom stereocenters. The Morgan fingerprint density at radius 2 is 1.52 bits per heavy atom. The van der Waals surface area contributed by atoms with Gasteiger partial charge in [0.15, 0.2) is 11.5 Å². The van der Waals surface area contributed by atoms with Crippen molar-refractivity contribution in [3.05, 3.63) is 70.5 Å². The van der Waals surface area contributed by atoms with Crippen LogP contribution in [0.2, 0.25) is 0 Å². The van der Waals surface area contributed by atoms with Crippen LogP contribution in [0.25, 0.3) is 0 Å². The first kappa shape index (κ1) is 40.9. The summed E-state index contributed by atoms with van der Waals surface area (Å²) >= 11 is 0. The molecule has 1 aromatic heterocycles. The zero-order valence-corrected chi connectivity index (χ0v) is 35.6. The van der Waals surface area contributed by atoms with E-state index >= 15 is 0 Å². The summed E-state index contributed by atoms with van der Waals surface area (Å²) in [5.74, 6) is -1.15. The minimum atomic E-state index is -0.981. The Morgan fingerprint density at radius 3 is 2.30 bits per heavy atom. The van der Waals surface area contributed by atoms with E-state index in [1.54, 1.807) is 18.3 Å². The fourth-order valence-electron chi connectivity index (χ4n) is 11.1. The molecule has 3 aromatic rings. The molecule has 7 aliphatic rings. The van der Waals surface area contributed by atoms with Crippen molar-refractivity contribution in [2.45, 2.75) is 95.3 Å². The van der Waals surface area contributed by atoms with Crippen molar-refractivity contribution >= 4 is 58.6 Å². The van der Waals surface area contributed by atoms with Crippen molar-refractivity contribution in [2.24, 2.45) is 11.7 Å². The largest absolute Gasteiger partial charge is 0.371 e. The summed E-state index contributed by atoms with van der Waals surface area (Å²) in [5.41, 5.74) is 10.7. The molecule has 10 rings (SSSR count). The highest BCUT2D eigenvalue weighted by atomic mass is 16.2. The topological polar surface area (TPSA) is 198 Å². The SMILES string of the molecule is NC(=O)c1ncc(N2CCCC(N3CCN(C4CCCC4)C3=O)C2)nc1Nc1ccc2c(c1)CCN(CC1CCN(c3ccc4c(c3)C(=O)N(C3CCC(=O)NC3=O)C4=O)CC1)C2. The maximum atomic E-state index is 13.5. The number of piperidine rings is 3. The van der Waals surface area contributed by atoms with E-state index in [1.165, 1.54) is 24.0 Å². The van der Waals surface area contributed by atoms with Gasteiger partial charge in [0.25, 0.3) is 17.7 Å². The predicted molar refractivity (Wildman–Crippen MR) is 234 cm³/mol. The molecule has 1 aliphatic carbocycles. The Kier molecular flexibility index (Phi) is 11.0. The number of hydrogen-bond acceptors (Lipinski definition) is 12. The van der Waals surface area contributed by atoms with Gasteiger partial charge in [-0.2, -0.15) is 0 Å². The fraction of sp³-hybridized carbons (Fsp3) is 0.522. The molecule has 6 aliphatic heterocycles. The van der Waals surface area contributed by atoms with Gasteiger partial charge in [0.1, 0.15) is 11.9 Å². The van der Waals surface area contributed by atoms with Gasteiger partial charge in [0.2, 0.25) is 11.8 Å². The molecule has 2 atom stereocenters. The Labute approximate surface area is 366 Å². The van der Waals surface area contributed by atoms with Crippen molar-refractivity contribution in [1.82, 2.24) is 34.9 Å². The Balaban J connectivity index is 0.738. The number of nitrogens with zero attached hydrogens (tertiary/aromatic N) is 8. The third kappa shape index (κ3) is 7.95. The Morgan fingerprint density at radius 1 is 0.762 bits per heavy atom. The van der Waals surface area contributed by atoms with Crippen LogP contribution in [0.4, 0.5) is 27.8 Å². The number of primary amides is 1. The number of carbonyl (C=O) groups is 6. The first-order chi connectivity index (χ1) is 30.6. The van der Waals surface area contributed by atoms with E-state index in [4.69, 9.17) is 10.7 Å². The van der Waals surface area contributed by atoms with Crippen molar-refractivity contribution in [3.8, 4) is 0 Å². The van der Waals surface area contributed by atoms with E-state index in [9.17, 15) is 28.8 Å². The number of nitrogens with one attached hydrogen (secondary N) is 2. The van der Waals surface area contributed by atoms with Crippen molar-refractivity contribution in [2.75, 3.05) is 67.5 Å². The summed E-state index contributed by atoms with van der Waals surface area (Å²) < 4.78 is 0. The first-order valence-electron chi connectivity index (χ1n) is 22.8. The van der Waals surface area contributed by atoms with Crippen molar-refractivity contribution in [1.29, 1.82) is 0 Å². The summed E-state index contributed by atoms with van der Waals surface area (Å²) in [6, 6.07) is 11.3. The number of nitrogens with two attached hydrogens (primary N) is 1. The van der Waals surface area contributed by atoms with E-state index in [2.05, 4.69) is 52.2 Å². The molecule has 4 saturated heterocycles. The second-order valence-electron chi connectivity index (χ2n) is 18.3. The number of imide groups is 2. The van der Waals surface area contributed by atoms with Crippen LogP contribution in [-0.4, -0.2) is 136 Å². The molecule has 0 radical (unpaired) electrons. The lowest BCUT2D eigenvalue weighted by atomic mass is 9.93. The monoisotopic (exact) mass is 857 g/mol. The number of benzene rings is 2. The predicted octanol–water partition coefficient (Wildman–Crippen LogP) is 3.64. The van der Waals surface area contributed by atoms with Gasteiger partial charge in [-0.25, -0.2) is 14.8 Å². The quantitative estimate of drug-likeness (QED) is 0.251. The Hall–Kier alpha value is -6.10. The molecule has 2 aromatic carbocycles. The highest BCUT2D eigenvalue weighted by molar-refractivity contribution is 6.23. The van der Waals surface area contributed by atoms with Crippen LogP contribution in [0.3, 0.4) is 0 Å². The molecular formula is C46H55N11O6. The molecule has 0 spiro atoms. The standard InChI is InChI=1S/C46H55N11O6/c47-41(59)40-42(50-38(24-48-40)54-16-3-6-34(27-54)56-21-20-55(46(56)63)32-4-1-2-5-32)49-31-8-7-30-26-52(17-15-29(30)22-31)25-28-13-18-53(19-14-28)33-9-10-35-36(23-33)45(62)57(44(35)61)37-11-12-39(58)51-43(37)60/h7-10,22-24,28,32,34,37H,1-6,11-21,25-27H2,(H2,47,59)(H,49,50)(H,51,58,60). The van der Waals surface area contributed by atoms with Crippen LogP contribution in [0.5, 0.6) is 0 Å². The lowest BCUT2D eigenvalue weighted by molar-refractivity contribution is -0.136. The number of anilines is 4. The maximum Gasteiger partial charge on any atom is 0.320 e. The lowest BCUT2D eigenvalue weighted by Gasteiger charge is -2.38. The lowest BCUT2D eigenvalue weighted by Crippen LogP contribution is -2.54. The minimum Gasteiger partial charge on any atom is -0.371 e. The summed E-state index contributed by atoms with van der Waals surface area (Å²) in [6.07, 6.45) is 11.2. The van der Waals surface area contributed by atoms with E-state index in [-0.39, 0.29) is 30.6 Å². The van der Waals surface area contributed by atoms with Gasteiger partial charge in [-0.15, -0.1) is 0 Å². The molecule has 0 bridgehead atoms. The second-order valence-corrected chi connectivity index (χ2v) is 18.3. The van der Waals surface area contributed by atoms with Gasteiger partial charge in [-0.1, -0.05) is 18.9 Å². The highest BCUT2D eigenvalue weighted by Crippen LogP contribution is 2.35. The molecule has 17 heteroatoms. The van der Waals surface area contributed by atoms with Gasteiger partial charge < -0.3 is 30.7 Å². The number of fused-ring (bicyclic) bond motifs is 2. The van der Waals surface area contributed by atoms with E-state index in [0.29, 0.717) is 41.3 Å². The number of urea groups is 1. The normalized spacial score (nSPS) is 23.7. The van der Waals surface area contributed by atoms with Gasteiger partial charge in [0.05, 0.1) is 23.4 Å². The Bertz CT molecular complexity index is 2360. The van der Waals surface area contributed by atoms with E-state index in [1.807, 2.05) is 12.1 Å². The van der Waals surface area contributed by atoms with Gasteiger partial charge in [-0.3, -0.25) is 39.1 Å². The van der Waals surface area contributed by atoms with Crippen LogP contribution >= 0.6 is 0 Å². The second kappa shape index (κ2) is 16.9. The van der Waals surface area contributed by atoms with E-state index in [0.717, 1.165) is 114 Å². The van der Waals surface area contributed by atoms with Gasteiger partial charge >= 0.3 is 6.03 Å². The van der Waals surface area contributed by atoms with Gasteiger partial charge in [-0.05, 0) is 98.7 Å². The summed E-state index contributed by atoms with van der Waals surface area (Å²) in [5, 5.41) is 5.62. The smallest absolute Gasteiger partial charge is 0.320 e. The third-order valence-electron chi connectivity index (χ3n) is 14.5. The molecule has 5 fully saturated rings. The summed E-state index contributed by atoms with van der Waals surface area (Å²) in [6.45, 7) is 7.42. The average Bonchev–Trinajstić information content (AvgIpc) is 4.02. The van der Waals surface area contributed by atoms with Crippen LogP contribution < -0.4 is 26.2 Å². The van der Waals surface area contributed by atoms with Crippen molar-refractivity contribution in [3.63, 3.8) is 0 Å². The maximum absolute atomic E-state index is 13.5. The van der Waals surface area contributed by atoms with Crippen molar-refractivity contribution < 1.29 is 28.8 Å². The number of aromatic nitrogens is 2. The third-order valence-corrected chi connectivity index (χ3v) is 14.5. The number of carbonyl (C=O) groups excluding carboxylic acids is 6. The van der Waals surface area contributed by atoms with Crippen LogP contribution in [-0.2, 0) is 22.6 Å². The van der Waals surface area contributed by atoms with Gasteiger partial charge in [0, 0.05) is 82.7 Å². The molecule has 4 N–H and O–H groups in total. The number of amides is 7. The molecule has 1 saturated carbocycles. The minimum absolute atomic E-state index is 0.0837. The average molecular weight is 858 g/mol.